The molecule has 23 heavy (non-hydrogen) atoms. The first kappa shape index (κ1) is 16.5. The van der Waals surface area contributed by atoms with Crippen LogP contribution < -0.4 is 5.32 Å². The number of halogens is 1. The van der Waals surface area contributed by atoms with E-state index in [1.165, 1.54) is 4.31 Å². The molecule has 0 amide bonds. The van der Waals surface area contributed by atoms with Crippen molar-refractivity contribution in [3.63, 3.8) is 0 Å². The van der Waals surface area contributed by atoms with Crippen molar-refractivity contribution in [2.45, 2.75) is 37.8 Å². The van der Waals surface area contributed by atoms with Crippen molar-refractivity contribution in [2.24, 2.45) is 0 Å². The van der Waals surface area contributed by atoms with Gasteiger partial charge in [-0.25, -0.2) is 22.8 Å². The highest BCUT2D eigenvalue weighted by Crippen LogP contribution is 2.36. The van der Waals surface area contributed by atoms with Gasteiger partial charge in [-0.2, -0.15) is 4.31 Å². The van der Waals surface area contributed by atoms with E-state index in [9.17, 15) is 12.8 Å². The number of anilines is 1. The summed E-state index contributed by atoms with van der Waals surface area (Å²) in [5.74, 6) is -0.0259. The zero-order valence-corrected chi connectivity index (χ0v) is 13.9. The molecule has 0 unspecified atom stereocenters. The topological polar surface area (TPSA) is 84.4 Å². The number of hydrogen-bond donors (Lipinski definition) is 1. The molecule has 0 bridgehead atoms. The van der Waals surface area contributed by atoms with E-state index in [0.29, 0.717) is 32.1 Å². The van der Waals surface area contributed by atoms with Crippen molar-refractivity contribution in [3.8, 4) is 0 Å². The Morgan fingerprint density at radius 1 is 1.48 bits per heavy atom. The molecule has 1 aromatic heterocycles. The molecule has 0 aliphatic carbocycles. The molecule has 2 aliphatic heterocycles. The van der Waals surface area contributed by atoms with Crippen molar-refractivity contribution < 1.29 is 17.5 Å². The number of aromatic nitrogens is 2. The third kappa shape index (κ3) is 3.61. The Bertz CT molecular complexity index is 654. The van der Waals surface area contributed by atoms with Crippen molar-refractivity contribution in [2.75, 3.05) is 30.8 Å². The van der Waals surface area contributed by atoms with E-state index in [1.807, 2.05) is 0 Å². The summed E-state index contributed by atoms with van der Waals surface area (Å²) in [5, 5.41) is 3.13. The zero-order valence-electron chi connectivity index (χ0n) is 13.0. The van der Waals surface area contributed by atoms with Crippen LogP contribution in [-0.2, 0) is 14.8 Å². The Morgan fingerprint density at radius 3 is 2.91 bits per heavy atom. The molecule has 1 N–H and O–H groups in total. The first-order valence-electron chi connectivity index (χ1n) is 7.78. The molecular weight excluding hydrogens is 323 g/mol. The first-order valence-corrected chi connectivity index (χ1v) is 9.39. The van der Waals surface area contributed by atoms with Gasteiger partial charge >= 0.3 is 0 Å². The van der Waals surface area contributed by atoms with Crippen LogP contribution in [0.3, 0.4) is 0 Å². The summed E-state index contributed by atoms with van der Waals surface area (Å²) in [6, 6.07) is -0.00950. The second-order valence-corrected chi connectivity index (χ2v) is 8.36. The van der Waals surface area contributed by atoms with E-state index in [0.717, 1.165) is 25.2 Å². The maximum atomic E-state index is 12.8. The average Bonchev–Trinajstić information content (AvgIpc) is 2.92. The summed E-state index contributed by atoms with van der Waals surface area (Å²) in [4.78, 5) is 7.77. The van der Waals surface area contributed by atoms with Crippen LogP contribution in [0.2, 0.25) is 0 Å². The molecular formula is C14H21FN4O3S. The normalized spacial score (nSPS) is 29.0. The van der Waals surface area contributed by atoms with Gasteiger partial charge in [0.15, 0.2) is 5.82 Å². The standard InChI is InChI=1S/C14H21FN4O3S/c1-2-23(20,21)19-5-3-4-14(10-19)6-12(9-22-14)18-13-16-7-11(15)8-17-13/h7-8,12H,2-6,9-10H2,1H3,(H,16,17,18)/t12-,14-/m0/s1. The molecule has 0 aromatic carbocycles. The van der Waals surface area contributed by atoms with Crippen LogP contribution in [0.1, 0.15) is 26.2 Å². The maximum Gasteiger partial charge on any atom is 0.223 e. The predicted octanol–water partition coefficient (Wildman–Crippen LogP) is 1.00. The monoisotopic (exact) mass is 344 g/mol. The summed E-state index contributed by atoms with van der Waals surface area (Å²) in [7, 11) is -3.20. The minimum absolute atomic E-state index is 0.00950. The number of sulfonamides is 1. The molecule has 1 spiro atoms. The first-order chi connectivity index (χ1) is 10.9. The van der Waals surface area contributed by atoms with E-state index in [2.05, 4.69) is 15.3 Å². The Morgan fingerprint density at radius 2 is 2.22 bits per heavy atom. The van der Waals surface area contributed by atoms with Gasteiger partial charge in [-0.1, -0.05) is 0 Å². The van der Waals surface area contributed by atoms with Gasteiger partial charge in [-0.3, -0.25) is 0 Å². The average molecular weight is 344 g/mol. The van der Waals surface area contributed by atoms with Crippen LogP contribution in [0, 0.1) is 5.82 Å². The number of hydrogen-bond acceptors (Lipinski definition) is 6. The van der Waals surface area contributed by atoms with E-state index >= 15 is 0 Å². The van der Waals surface area contributed by atoms with Gasteiger partial charge in [0, 0.05) is 19.5 Å². The second-order valence-electron chi connectivity index (χ2n) is 6.10. The molecule has 128 valence electrons. The zero-order chi connectivity index (χ0) is 16.5. The molecule has 9 heteroatoms. The van der Waals surface area contributed by atoms with Gasteiger partial charge in [0.2, 0.25) is 16.0 Å². The van der Waals surface area contributed by atoms with Crippen LogP contribution in [0.25, 0.3) is 0 Å². The van der Waals surface area contributed by atoms with Crippen LogP contribution in [0.4, 0.5) is 10.3 Å². The maximum absolute atomic E-state index is 12.8. The summed E-state index contributed by atoms with van der Waals surface area (Å²) in [6.07, 6.45) is 4.53. The Labute approximate surface area is 135 Å². The summed E-state index contributed by atoms with van der Waals surface area (Å²) >= 11 is 0. The van der Waals surface area contributed by atoms with Crippen molar-refractivity contribution >= 4 is 16.0 Å². The molecule has 7 nitrogen and oxygen atoms in total. The molecule has 2 fully saturated rings. The molecule has 2 atom stereocenters. The van der Waals surface area contributed by atoms with Gasteiger partial charge in [0.25, 0.3) is 0 Å². The lowest BCUT2D eigenvalue weighted by Gasteiger charge is -2.38. The van der Waals surface area contributed by atoms with Gasteiger partial charge in [-0.05, 0) is 19.8 Å². The largest absolute Gasteiger partial charge is 0.371 e. The smallest absolute Gasteiger partial charge is 0.223 e. The molecule has 3 rings (SSSR count). The van der Waals surface area contributed by atoms with Gasteiger partial charge in [0.1, 0.15) is 0 Å². The fraction of sp³-hybridized carbons (Fsp3) is 0.714. The Kier molecular flexibility index (Phi) is 4.52. The molecule has 2 aliphatic rings. The molecule has 0 radical (unpaired) electrons. The predicted molar refractivity (Wildman–Crippen MR) is 83.0 cm³/mol. The number of rotatable bonds is 4. The summed E-state index contributed by atoms with van der Waals surface area (Å²) in [6.45, 7) is 3.06. The van der Waals surface area contributed by atoms with Crippen LogP contribution in [0.15, 0.2) is 12.4 Å². The van der Waals surface area contributed by atoms with E-state index in [-0.39, 0.29) is 11.8 Å². The summed E-state index contributed by atoms with van der Waals surface area (Å²) < 4.78 is 44.5. The highest BCUT2D eigenvalue weighted by molar-refractivity contribution is 7.89. The third-order valence-corrected chi connectivity index (χ3v) is 6.25. The van der Waals surface area contributed by atoms with Gasteiger partial charge in [-0.15, -0.1) is 0 Å². The van der Waals surface area contributed by atoms with Crippen LogP contribution in [-0.4, -0.2) is 59.8 Å². The fourth-order valence-corrected chi connectivity index (χ4v) is 4.47. The molecule has 3 heterocycles. The van der Waals surface area contributed by atoms with E-state index in [1.54, 1.807) is 6.92 Å². The lowest BCUT2D eigenvalue weighted by atomic mass is 9.90. The van der Waals surface area contributed by atoms with Crippen molar-refractivity contribution in [1.29, 1.82) is 0 Å². The third-order valence-electron chi connectivity index (χ3n) is 4.43. The van der Waals surface area contributed by atoms with E-state index in [4.69, 9.17) is 4.74 Å². The lowest BCUT2D eigenvalue weighted by Crippen LogP contribution is -2.50. The highest BCUT2D eigenvalue weighted by atomic mass is 32.2. The molecule has 0 saturated carbocycles. The van der Waals surface area contributed by atoms with Gasteiger partial charge in [0.05, 0.1) is 36.4 Å². The minimum atomic E-state index is -3.20. The lowest BCUT2D eigenvalue weighted by molar-refractivity contribution is -0.0329. The van der Waals surface area contributed by atoms with Crippen molar-refractivity contribution in [3.05, 3.63) is 18.2 Å². The number of piperidine rings is 1. The van der Waals surface area contributed by atoms with Gasteiger partial charge < -0.3 is 10.1 Å². The Balaban J connectivity index is 1.65. The number of ether oxygens (including phenoxy) is 1. The highest BCUT2D eigenvalue weighted by Gasteiger charge is 2.45. The van der Waals surface area contributed by atoms with Crippen molar-refractivity contribution in [1.82, 2.24) is 14.3 Å². The quantitative estimate of drug-likeness (QED) is 0.877. The molecule has 1 aromatic rings. The van der Waals surface area contributed by atoms with Crippen LogP contribution in [0.5, 0.6) is 0 Å². The molecule has 2 saturated heterocycles. The fourth-order valence-electron chi connectivity index (χ4n) is 3.27. The van der Waals surface area contributed by atoms with E-state index < -0.39 is 21.4 Å². The SMILES string of the molecule is CCS(=O)(=O)N1CCC[C@]2(C[C@H](Nc3ncc(F)cn3)CO2)C1. The number of nitrogens with one attached hydrogen (secondary N) is 1. The Hall–Kier alpha value is -1.32. The van der Waals surface area contributed by atoms with Crippen LogP contribution >= 0.6 is 0 Å². The minimum Gasteiger partial charge on any atom is -0.371 e. The summed E-state index contributed by atoms with van der Waals surface area (Å²) in [5.41, 5.74) is -0.446. The second kappa shape index (κ2) is 6.29. The number of nitrogens with zero attached hydrogens (tertiary/aromatic N) is 3.